The van der Waals surface area contributed by atoms with Crippen molar-refractivity contribution in [3.8, 4) is 0 Å². The topological polar surface area (TPSA) is 51.0 Å². The molecule has 1 unspecified atom stereocenters. The molecule has 3 aromatic rings. The van der Waals surface area contributed by atoms with Crippen molar-refractivity contribution in [2.75, 3.05) is 0 Å². The maximum Gasteiger partial charge on any atom is 0.138 e. The van der Waals surface area contributed by atoms with Crippen LogP contribution in [0.2, 0.25) is 0 Å². The molecule has 2 heterocycles. The van der Waals surface area contributed by atoms with Crippen LogP contribution in [0.25, 0.3) is 10.8 Å². The van der Waals surface area contributed by atoms with E-state index in [1.165, 1.54) is 16.3 Å². The van der Waals surface area contributed by atoms with Gasteiger partial charge >= 0.3 is 0 Å². The molecule has 21 heavy (non-hydrogen) atoms. The van der Waals surface area contributed by atoms with Crippen LogP contribution in [0.3, 0.4) is 0 Å². The van der Waals surface area contributed by atoms with Crippen LogP contribution in [-0.4, -0.2) is 10.1 Å². The summed E-state index contributed by atoms with van der Waals surface area (Å²) in [7, 11) is 0. The van der Waals surface area contributed by atoms with Gasteiger partial charge in [0.05, 0.1) is 5.69 Å². The second kappa shape index (κ2) is 5.66. The molecule has 0 aliphatic carbocycles. The number of fused-ring (bicyclic) bond motifs is 1. The molecule has 3 rings (SSSR count). The van der Waals surface area contributed by atoms with Gasteiger partial charge < -0.3 is 9.84 Å². The SMILES string of the molecule is Cc1noc(C)c1C(C)NCc1ccc2cnccc2c1. The van der Waals surface area contributed by atoms with Crippen LogP contribution in [0.4, 0.5) is 0 Å². The molecule has 4 heteroatoms. The van der Waals surface area contributed by atoms with Crippen molar-refractivity contribution in [1.82, 2.24) is 15.5 Å². The smallest absolute Gasteiger partial charge is 0.138 e. The Hall–Kier alpha value is -2.20. The highest BCUT2D eigenvalue weighted by Crippen LogP contribution is 2.21. The summed E-state index contributed by atoms with van der Waals surface area (Å²) in [5, 5.41) is 9.93. The first-order chi connectivity index (χ1) is 10.1. The predicted molar refractivity (Wildman–Crippen MR) is 83.0 cm³/mol. The third kappa shape index (κ3) is 2.81. The Labute approximate surface area is 124 Å². The van der Waals surface area contributed by atoms with Gasteiger partial charge in [0, 0.05) is 35.9 Å². The van der Waals surface area contributed by atoms with Gasteiger partial charge in [0.2, 0.25) is 0 Å². The zero-order chi connectivity index (χ0) is 14.8. The quantitative estimate of drug-likeness (QED) is 0.792. The van der Waals surface area contributed by atoms with Gasteiger partial charge in [-0.15, -0.1) is 0 Å². The molecule has 0 aliphatic rings. The lowest BCUT2D eigenvalue weighted by molar-refractivity contribution is 0.390. The summed E-state index contributed by atoms with van der Waals surface area (Å²) in [5.41, 5.74) is 3.37. The maximum atomic E-state index is 5.23. The first kappa shape index (κ1) is 13.8. The minimum Gasteiger partial charge on any atom is -0.361 e. The molecular weight excluding hydrogens is 262 g/mol. The van der Waals surface area contributed by atoms with E-state index in [4.69, 9.17) is 4.52 Å². The molecule has 2 aromatic heterocycles. The lowest BCUT2D eigenvalue weighted by Crippen LogP contribution is -2.19. The molecule has 0 saturated heterocycles. The fourth-order valence-electron chi connectivity index (χ4n) is 2.72. The van der Waals surface area contributed by atoms with Crippen molar-refractivity contribution in [1.29, 1.82) is 0 Å². The van der Waals surface area contributed by atoms with E-state index in [9.17, 15) is 0 Å². The molecule has 1 atom stereocenters. The van der Waals surface area contributed by atoms with Gasteiger partial charge in [-0.1, -0.05) is 17.3 Å². The summed E-state index contributed by atoms with van der Waals surface area (Å²) in [4.78, 5) is 4.14. The molecule has 0 saturated carbocycles. The number of rotatable bonds is 4. The zero-order valence-corrected chi connectivity index (χ0v) is 12.6. The van der Waals surface area contributed by atoms with E-state index in [0.29, 0.717) is 0 Å². The highest BCUT2D eigenvalue weighted by Gasteiger charge is 2.15. The Kier molecular flexibility index (Phi) is 3.71. The number of benzene rings is 1. The van der Waals surface area contributed by atoms with Gasteiger partial charge in [0.15, 0.2) is 0 Å². The second-order valence-electron chi connectivity index (χ2n) is 5.40. The van der Waals surface area contributed by atoms with Crippen LogP contribution in [-0.2, 0) is 6.54 Å². The van der Waals surface area contributed by atoms with Gasteiger partial charge in [-0.3, -0.25) is 4.98 Å². The lowest BCUT2D eigenvalue weighted by Gasteiger charge is -2.14. The minimum atomic E-state index is 0.212. The standard InChI is InChI=1S/C17H19N3O/c1-11(17-12(2)20-21-13(17)3)19-9-14-4-5-16-10-18-7-6-15(16)8-14/h4-8,10-11,19H,9H2,1-3H3. The molecule has 0 aliphatic heterocycles. The van der Waals surface area contributed by atoms with E-state index in [2.05, 4.69) is 40.6 Å². The minimum absolute atomic E-state index is 0.212. The Morgan fingerprint density at radius 1 is 1.19 bits per heavy atom. The van der Waals surface area contributed by atoms with Crippen LogP contribution in [0, 0.1) is 13.8 Å². The van der Waals surface area contributed by atoms with E-state index < -0.39 is 0 Å². The fraction of sp³-hybridized carbons (Fsp3) is 0.294. The van der Waals surface area contributed by atoms with E-state index >= 15 is 0 Å². The van der Waals surface area contributed by atoms with Crippen LogP contribution < -0.4 is 5.32 Å². The van der Waals surface area contributed by atoms with Gasteiger partial charge in [-0.2, -0.15) is 0 Å². The number of aromatic nitrogens is 2. The van der Waals surface area contributed by atoms with Crippen molar-refractivity contribution in [2.24, 2.45) is 0 Å². The number of pyridine rings is 1. The van der Waals surface area contributed by atoms with Gasteiger partial charge in [-0.05, 0) is 43.9 Å². The monoisotopic (exact) mass is 281 g/mol. The predicted octanol–water partition coefficient (Wildman–Crippen LogP) is 3.69. The Morgan fingerprint density at radius 3 is 2.81 bits per heavy atom. The van der Waals surface area contributed by atoms with Crippen LogP contribution >= 0.6 is 0 Å². The van der Waals surface area contributed by atoms with Crippen LogP contribution in [0.15, 0.2) is 41.2 Å². The van der Waals surface area contributed by atoms with E-state index in [1.807, 2.05) is 32.3 Å². The number of nitrogens with zero attached hydrogens (tertiary/aromatic N) is 2. The molecule has 0 fully saturated rings. The molecule has 4 nitrogen and oxygen atoms in total. The highest BCUT2D eigenvalue weighted by atomic mass is 16.5. The van der Waals surface area contributed by atoms with Crippen molar-refractivity contribution < 1.29 is 4.52 Å². The van der Waals surface area contributed by atoms with Crippen molar-refractivity contribution >= 4 is 10.8 Å². The zero-order valence-electron chi connectivity index (χ0n) is 12.6. The van der Waals surface area contributed by atoms with E-state index in [-0.39, 0.29) is 6.04 Å². The highest BCUT2D eigenvalue weighted by molar-refractivity contribution is 5.81. The maximum absolute atomic E-state index is 5.23. The Bertz CT molecular complexity index is 744. The first-order valence-electron chi connectivity index (χ1n) is 7.14. The molecule has 0 bridgehead atoms. The van der Waals surface area contributed by atoms with E-state index in [1.54, 1.807) is 0 Å². The Balaban J connectivity index is 1.74. The lowest BCUT2D eigenvalue weighted by atomic mass is 10.1. The number of aryl methyl sites for hydroxylation is 2. The third-order valence-corrected chi connectivity index (χ3v) is 3.84. The fourth-order valence-corrected chi connectivity index (χ4v) is 2.72. The average Bonchev–Trinajstić information content (AvgIpc) is 2.84. The van der Waals surface area contributed by atoms with Crippen LogP contribution in [0.5, 0.6) is 0 Å². The largest absolute Gasteiger partial charge is 0.361 e. The van der Waals surface area contributed by atoms with Crippen molar-refractivity contribution in [2.45, 2.75) is 33.4 Å². The van der Waals surface area contributed by atoms with E-state index in [0.717, 1.165) is 23.6 Å². The van der Waals surface area contributed by atoms with Crippen molar-refractivity contribution in [3.63, 3.8) is 0 Å². The number of nitrogens with one attached hydrogen (secondary N) is 1. The molecule has 1 N–H and O–H groups in total. The average molecular weight is 281 g/mol. The summed E-state index contributed by atoms with van der Waals surface area (Å²) in [6, 6.07) is 8.70. The summed E-state index contributed by atoms with van der Waals surface area (Å²) in [5.74, 6) is 0.886. The molecule has 0 spiro atoms. The second-order valence-corrected chi connectivity index (χ2v) is 5.40. The van der Waals surface area contributed by atoms with Gasteiger partial charge in [0.25, 0.3) is 0 Å². The van der Waals surface area contributed by atoms with Crippen molar-refractivity contribution in [3.05, 3.63) is 59.2 Å². The third-order valence-electron chi connectivity index (χ3n) is 3.84. The normalized spacial score (nSPS) is 12.7. The van der Waals surface area contributed by atoms with Crippen LogP contribution in [0.1, 0.15) is 35.5 Å². The Morgan fingerprint density at radius 2 is 2.05 bits per heavy atom. The van der Waals surface area contributed by atoms with Gasteiger partial charge in [-0.25, -0.2) is 0 Å². The summed E-state index contributed by atoms with van der Waals surface area (Å²) < 4.78 is 5.23. The molecule has 0 radical (unpaired) electrons. The molecule has 1 aromatic carbocycles. The summed E-state index contributed by atoms with van der Waals surface area (Å²) in [6.45, 7) is 6.88. The summed E-state index contributed by atoms with van der Waals surface area (Å²) >= 11 is 0. The number of hydrogen-bond donors (Lipinski definition) is 1. The number of hydrogen-bond acceptors (Lipinski definition) is 4. The molecular formula is C17H19N3O. The first-order valence-corrected chi connectivity index (χ1v) is 7.14. The van der Waals surface area contributed by atoms with Gasteiger partial charge in [0.1, 0.15) is 5.76 Å². The summed E-state index contributed by atoms with van der Waals surface area (Å²) in [6.07, 6.45) is 3.71. The molecule has 108 valence electrons. The molecule has 0 amide bonds.